The summed E-state index contributed by atoms with van der Waals surface area (Å²) in [5.74, 6) is 0.404. The summed E-state index contributed by atoms with van der Waals surface area (Å²) in [7, 11) is 1.90. The first-order valence-corrected chi connectivity index (χ1v) is 7.29. The molecule has 1 aliphatic heterocycles. The van der Waals surface area contributed by atoms with Crippen molar-refractivity contribution in [2.45, 2.75) is 57.1 Å². The predicted octanol–water partition coefficient (Wildman–Crippen LogP) is 1.95. The number of hydrogen-bond donors (Lipinski definition) is 1. The molecule has 2 rings (SSSR count). The molecule has 3 atom stereocenters. The first kappa shape index (κ1) is 16.7. The van der Waals surface area contributed by atoms with Crippen molar-refractivity contribution >= 4 is 18.3 Å². The van der Waals surface area contributed by atoms with E-state index < -0.39 is 0 Å². The van der Waals surface area contributed by atoms with E-state index in [-0.39, 0.29) is 36.4 Å². The van der Waals surface area contributed by atoms with Gasteiger partial charge in [-0.25, -0.2) is 0 Å². The summed E-state index contributed by atoms with van der Waals surface area (Å²) in [4.78, 5) is 14.2. The SMILES string of the molecule is CN(CC1CCCCO1)C(=O)C1CCCC(N)C1.Cl. The smallest absolute Gasteiger partial charge is 0.225 e. The fraction of sp³-hybridized carbons (Fsp3) is 0.929. The van der Waals surface area contributed by atoms with E-state index in [1.165, 1.54) is 6.42 Å². The van der Waals surface area contributed by atoms with Gasteiger partial charge in [0, 0.05) is 32.2 Å². The molecule has 0 aromatic rings. The number of ether oxygens (including phenoxy) is 1. The predicted molar refractivity (Wildman–Crippen MR) is 78.4 cm³/mol. The molecule has 2 N–H and O–H groups in total. The molecule has 1 heterocycles. The molecule has 0 aromatic carbocycles. The summed E-state index contributed by atoms with van der Waals surface area (Å²) < 4.78 is 5.69. The first-order chi connectivity index (χ1) is 8.66. The first-order valence-electron chi connectivity index (χ1n) is 7.29. The molecule has 19 heavy (non-hydrogen) atoms. The average molecular weight is 291 g/mol. The van der Waals surface area contributed by atoms with E-state index in [0.29, 0.717) is 0 Å². The van der Waals surface area contributed by atoms with Crippen LogP contribution in [0.3, 0.4) is 0 Å². The molecule has 1 saturated heterocycles. The highest BCUT2D eigenvalue weighted by molar-refractivity contribution is 5.85. The second-order valence-electron chi connectivity index (χ2n) is 5.83. The molecule has 0 radical (unpaired) electrons. The van der Waals surface area contributed by atoms with Gasteiger partial charge in [-0.05, 0) is 38.5 Å². The number of amides is 1. The van der Waals surface area contributed by atoms with Crippen LogP contribution >= 0.6 is 12.4 Å². The van der Waals surface area contributed by atoms with Gasteiger partial charge in [-0.15, -0.1) is 12.4 Å². The van der Waals surface area contributed by atoms with E-state index in [1.54, 1.807) is 0 Å². The molecule has 1 amide bonds. The Hall–Kier alpha value is -0.320. The van der Waals surface area contributed by atoms with Crippen LogP contribution in [0.5, 0.6) is 0 Å². The van der Waals surface area contributed by atoms with E-state index in [9.17, 15) is 4.79 Å². The van der Waals surface area contributed by atoms with Gasteiger partial charge in [0.1, 0.15) is 0 Å². The van der Waals surface area contributed by atoms with Gasteiger partial charge >= 0.3 is 0 Å². The van der Waals surface area contributed by atoms with Crippen LogP contribution in [0.1, 0.15) is 44.9 Å². The van der Waals surface area contributed by atoms with Gasteiger partial charge in [-0.3, -0.25) is 4.79 Å². The molecule has 0 spiro atoms. The average Bonchev–Trinajstić information content (AvgIpc) is 2.39. The minimum Gasteiger partial charge on any atom is -0.376 e. The maximum atomic E-state index is 12.3. The molecule has 3 unspecified atom stereocenters. The summed E-state index contributed by atoms with van der Waals surface area (Å²) >= 11 is 0. The Bertz CT molecular complexity index is 283. The van der Waals surface area contributed by atoms with Crippen molar-refractivity contribution in [2.24, 2.45) is 11.7 Å². The van der Waals surface area contributed by atoms with Gasteiger partial charge in [-0.1, -0.05) is 6.42 Å². The maximum absolute atomic E-state index is 12.3. The van der Waals surface area contributed by atoms with Crippen molar-refractivity contribution in [3.63, 3.8) is 0 Å². The van der Waals surface area contributed by atoms with Crippen LogP contribution in [0.2, 0.25) is 0 Å². The summed E-state index contributed by atoms with van der Waals surface area (Å²) in [6, 6.07) is 0.215. The second kappa shape index (κ2) is 8.08. The Labute approximate surface area is 122 Å². The van der Waals surface area contributed by atoms with Gasteiger partial charge < -0.3 is 15.4 Å². The Kier molecular flexibility index (Phi) is 7.11. The lowest BCUT2D eigenvalue weighted by Gasteiger charge is -2.32. The Morgan fingerprint density at radius 3 is 2.68 bits per heavy atom. The van der Waals surface area contributed by atoms with Crippen LogP contribution in [0.25, 0.3) is 0 Å². The van der Waals surface area contributed by atoms with Gasteiger partial charge in [0.05, 0.1) is 6.10 Å². The monoisotopic (exact) mass is 290 g/mol. The van der Waals surface area contributed by atoms with Gasteiger partial charge in [0.15, 0.2) is 0 Å². The third-order valence-corrected chi connectivity index (χ3v) is 4.19. The Balaban J connectivity index is 0.00000180. The quantitative estimate of drug-likeness (QED) is 0.864. The van der Waals surface area contributed by atoms with Crippen molar-refractivity contribution in [1.29, 1.82) is 0 Å². The zero-order valence-electron chi connectivity index (χ0n) is 11.8. The Morgan fingerprint density at radius 2 is 2.05 bits per heavy atom. The number of carbonyl (C=O) groups excluding carboxylic acids is 1. The second-order valence-corrected chi connectivity index (χ2v) is 5.83. The van der Waals surface area contributed by atoms with Crippen LogP contribution in [-0.2, 0) is 9.53 Å². The van der Waals surface area contributed by atoms with Crippen LogP contribution in [0, 0.1) is 5.92 Å². The topological polar surface area (TPSA) is 55.6 Å². The molecule has 4 nitrogen and oxygen atoms in total. The van der Waals surface area contributed by atoms with Gasteiger partial charge in [0.2, 0.25) is 5.91 Å². The number of carbonyl (C=O) groups is 1. The Morgan fingerprint density at radius 1 is 1.26 bits per heavy atom. The van der Waals surface area contributed by atoms with Crippen molar-refractivity contribution in [2.75, 3.05) is 20.2 Å². The minimum absolute atomic E-state index is 0. The number of nitrogens with zero attached hydrogens (tertiary/aromatic N) is 1. The molecule has 5 heteroatoms. The van der Waals surface area contributed by atoms with Gasteiger partial charge in [-0.2, -0.15) is 0 Å². The highest BCUT2D eigenvalue weighted by atomic mass is 35.5. The number of nitrogens with two attached hydrogens (primary N) is 1. The number of hydrogen-bond acceptors (Lipinski definition) is 3. The van der Waals surface area contributed by atoms with Crippen molar-refractivity contribution in [1.82, 2.24) is 4.90 Å². The lowest BCUT2D eigenvalue weighted by atomic mass is 9.85. The highest BCUT2D eigenvalue weighted by Gasteiger charge is 2.28. The molecule has 1 aliphatic carbocycles. The number of rotatable bonds is 3. The fourth-order valence-corrected chi connectivity index (χ4v) is 3.11. The van der Waals surface area contributed by atoms with Crippen LogP contribution in [0.15, 0.2) is 0 Å². The molecule has 0 bridgehead atoms. The fourth-order valence-electron chi connectivity index (χ4n) is 3.11. The molecular weight excluding hydrogens is 264 g/mol. The lowest BCUT2D eigenvalue weighted by molar-refractivity contribution is -0.137. The molecule has 0 aromatic heterocycles. The largest absolute Gasteiger partial charge is 0.376 e. The molecule has 2 fully saturated rings. The molecular formula is C14H27ClN2O2. The number of likely N-dealkylation sites (N-methyl/N-ethyl adjacent to an activating group) is 1. The summed E-state index contributed by atoms with van der Waals surface area (Å²) in [6.45, 7) is 1.59. The highest BCUT2D eigenvalue weighted by Crippen LogP contribution is 2.25. The third-order valence-electron chi connectivity index (χ3n) is 4.19. The van der Waals surface area contributed by atoms with Crippen molar-refractivity contribution in [3.8, 4) is 0 Å². The zero-order valence-corrected chi connectivity index (χ0v) is 12.7. The van der Waals surface area contributed by atoms with E-state index in [0.717, 1.165) is 51.7 Å². The van der Waals surface area contributed by atoms with E-state index in [1.807, 2.05) is 11.9 Å². The van der Waals surface area contributed by atoms with Crippen LogP contribution < -0.4 is 5.73 Å². The van der Waals surface area contributed by atoms with E-state index in [2.05, 4.69) is 0 Å². The summed E-state index contributed by atoms with van der Waals surface area (Å²) in [5, 5.41) is 0. The lowest BCUT2D eigenvalue weighted by Crippen LogP contribution is -2.42. The van der Waals surface area contributed by atoms with Crippen molar-refractivity contribution in [3.05, 3.63) is 0 Å². The molecule has 112 valence electrons. The summed E-state index contributed by atoms with van der Waals surface area (Å²) in [5.41, 5.74) is 5.95. The number of halogens is 1. The molecule has 2 aliphatic rings. The van der Waals surface area contributed by atoms with Crippen molar-refractivity contribution < 1.29 is 9.53 Å². The van der Waals surface area contributed by atoms with Crippen LogP contribution in [0.4, 0.5) is 0 Å². The third kappa shape index (κ3) is 4.93. The molecule has 1 saturated carbocycles. The maximum Gasteiger partial charge on any atom is 0.225 e. The van der Waals surface area contributed by atoms with E-state index >= 15 is 0 Å². The van der Waals surface area contributed by atoms with Gasteiger partial charge in [0.25, 0.3) is 0 Å². The van der Waals surface area contributed by atoms with E-state index in [4.69, 9.17) is 10.5 Å². The normalized spacial score (nSPS) is 31.4. The standard InChI is InChI=1S/C14H26N2O2.ClH/c1-16(10-13-7-2-3-8-18-13)14(17)11-5-4-6-12(15)9-11;/h11-13H,2-10,15H2,1H3;1H. The summed E-state index contributed by atoms with van der Waals surface area (Å²) in [6.07, 6.45) is 7.72. The zero-order chi connectivity index (χ0) is 13.0. The minimum atomic E-state index is 0. The van der Waals surface area contributed by atoms with Crippen LogP contribution in [-0.4, -0.2) is 43.2 Å².